The number of ether oxygens (including phenoxy) is 4. The van der Waals surface area contributed by atoms with Crippen LogP contribution in [-0.4, -0.2) is 37.5 Å². The molecule has 3 aromatic carbocycles. The minimum absolute atomic E-state index is 0.0475. The van der Waals surface area contributed by atoms with E-state index in [9.17, 15) is 27.6 Å². The smallest absolute Gasteiger partial charge is 0.463 e. The number of esters is 3. The standard InChI is InChI=1S/C32H33F3N2O7/c33-32(34,35)44-28-14-10-23(11-15-28)31(40)43-27-12-7-22(8-13-27)9-16-29(38)41-17-5-3-1-2-4-6-18-42-30(39)24-19-25(36)21-26(37)20-24/h7-16,19-21H,1-6,17-18,36-37H2. The Kier molecular flexibility index (Phi) is 12.6. The van der Waals surface area contributed by atoms with Gasteiger partial charge in [0.05, 0.1) is 24.3 Å². The lowest BCUT2D eigenvalue weighted by Crippen LogP contribution is -2.17. The van der Waals surface area contributed by atoms with E-state index in [1.807, 2.05) is 0 Å². The van der Waals surface area contributed by atoms with Crippen LogP contribution in [0.2, 0.25) is 0 Å². The van der Waals surface area contributed by atoms with Crippen molar-refractivity contribution in [2.75, 3.05) is 24.7 Å². The number of hydrogen-bond acceptors (Lipinski definition) is 9. The second-order valence-electron chi connectivity index (χ2n) is 9.68. The van der Waals surface area contributed by atoms with Crippen molar-refractivity contribution in [1.29, 1.82) is 0 Å². The third-order valence-electron chi connectivity index (χ3n) is 6.06. The molecule has 12 heteroatoms. The number of halogens is 3. The summed E-state index contributed by atoms with van der Waals surface area (Å²) in [4.78, 5) is 36.3. The van der Waals surface area contributed by atoms with E-state index in [0.717, 1.165) is 62.8 Å². The summed E-state index contributed by atoms with van der Waals surface area (Å²) in [6.07, 6.45) is 3.22. The highest BCUT2D eigenvalue weighted by molar-refractivity contribution is 5.92. The average molecular weight is 615 g/mol. The number of nitrogens with two attached hydrogens (primary N) is 2. The number of anilines is 2. The van der Waals surface area contributed by atoms with Gasteiger partial charge in [-0.3, -0.25) is 0 Å². The van der Waals surface area contributed by atoms with Crippen molar-refractivity contribution in [3.63, 3.8) is 0 Å². The zero-order chi connectivity index (χ0) is 32.0. The fraction of sp³-hybridized carbons (Fsp3) is 0.281. The van der Waals surface area contributed by atoms with E-state index in [4.69, 9.17) is 25.7 Å². The molecule has 0 spiro atoms. The van der Waals surface area contributed by atoms with E-state index in [1.165, 1.54) is 30.3 Å². The Morgan fingerprint density at radius 1 is 0.659 bits per heavy atom. The number of nitrogen functional groups attached to an aromatic ring is 2. The molecule has 0 aliphatic rings. The van der Waals surface area contributed by atoms with E-state index >= 15 is 0 Å². The van der Waals surface area contributed by atoms with Crippen LogP contribution in [0.1, 0.15) is 64.8 Å². The van der Waals surface area contributed by atoms with Gasteiger partial charge in [0.2, 0.25) is 0 Å². The van der Waals surface area contributed by atoms with E-state index in [-0.39, 0.29) is 11.3 Å². The van der Waals surface area contributed by atoms with Gasteiger partial charge in [0, 0.05) is 17.5 Å². The van der Waals surface area contributed by atoms with Gasteiger partial charge in [-0.15, -0.1) is 13.2 Å². The van der Waals surface area contributed by atoms with Gasteiger partial charge >= 0.3 is 24.3 Å². The topological polar surface area (TPSA) is 140 Å². The van der Waals surface area contributed by atoms with Gasteiger partial charge in [-0.2, -0.15) is 0 Å². The summed E-state index contributed by atoms with van der Waals surface area (Å²) in [7, 11) is 0. The van der Waals surface area contributed by atoms with Gasteiger partial charge in [0.25, 0.3) is 0 Å². The number of carbonyl (C=O) groups excluding carboxylic acids is 3. The SMILES string of the molecule is Nc1cc(N)cc(C(=O)OCCCCCCCCOC(=O)C=Cc2ccc(OC(=O)c3ccc(OC(F)(F)F)cc3)cc2)c1. The molecule has 0 atom stereocenters. The van der Waals surface area contributed by atoms with Crippen LogP contribution in [0.5, 0.6) is 11.5 Å². The van der Waals surface area contributed by atoms with Crippen molar-refractivity contribution in [2.45, 2.75) is 44.9 Å². The Labute approximate surface area is 252 Å². The normalized spacial score (nSPS) is 11.2. The summed E-state index contributed by atoms with van der Waals surface area (Å²) < 4.78 is 56.2. The first kappa shape index (κ1) is 33.5. The lowest BCUT2D eigenvalue weighted by molar-refractivity contribution is -0.274. The number of carbonyl (C=O) groups is 3. The first-order valence-electron chi connectivity index (χ1n) is 13.8. The third kappa shape index (κ3) is 12.5. The Balaban J connectivity index is 1.24. The molecule has 0 unspecified atom stereocenters. The van der Waals surface area contributed by atoms with Gasteiger partial charge in [0.1, 0.15) is 11.5 Å². The van der Waals surface area contributed by atoms with Crippen molar-refractivity contribution in [2.24, 2.45) is 0 Å². The van der Waals surface area contributed by atoms with E-state index in [2.05, 4.69) is 4.74 Å². The van der Waals surface area contributed by atoms with E-state index < -0.39 is 30.0 Å². The van der Waals surface area contributed by atoms with Gasteiger partial charge in [-0.25, -0.2) is 14.4 Å². The van der Waals surface area contributed by atoms with Crippen LogP contribution in [0.4, 0.5) is 24.5 Å². The highest BCUT2D eigenvalue weighted by atomic mass is 19.4. The van der Waals surface area contributed by atoms with E-state index in [0.29, 0.717) is 35.7 Å². The first-order chi connectivity index (χ1) is 21.0. The summed E-state index contributed by atoms with van der Waals surface area (Å²) in [5.74, 6) is -1.92. The molecule has 44 heavy (non-hydrogen) atoms. The lowest BCUT2D eigenvalue weighted by Gasteiger charge is -2.09. The molecule has 234 valence electrons. The minimum atomic E-state index is -4.82. The van der Waals surface area contributed by atoms with Gasteiger partial charge in [-0.1, -0.05) is 37.8 Å². The predicted octanol–water partition coefficient (Wildman–Crippen LogP) is 6.72. The molecule has 0 aromatic heterocycles. The highest BCUT2D eigenvalue weighted by Gasteiger charge is 2.31. The second-order valence-corrected chi connectivity index (χ2v) is 9.68. The Morgan fingerprint density at radius 2 is 1.20 bits per heavy atom. The number of alkyl halides is 3. The summed E-state index contributed by atoms with van der Waals surface area (Å²) in [5, 5.41) is 0. The molecule has 0 radical (unpaired) electrons. The van der Waals surface area contributed by atoms with Crippen molar-refractivity contribution < 1.29 is 46.5 Å². The second kappa shape index (κ2) is 16.6. The summed E-state index contributed by atoms with van der Waals surface area (Å²) in [5.41, 5.74) is 13.2. The van der Waals surface area contributed by atoms with Crippen molar-refractivity contribution in [1.82, 2.24) is 0 Å². The van der Waals surface area contributed by atoms with Crippen LogP contribution in [0.25, 0.3) is 6.08 Å². The molecule has 0 bridgehead atoms. The molecule has 3 aromatic rings. The molecule has 0 saturated carbocycles. The zero-order valence-electron chi connectivity index (χ0n) is 23.8. The predicted molar refractivity (Wildman–Crippen MR) is 158 cm³/mol. The van der Waals surface area contributed by atoms with Crippen LogP contribution < -0.4 is 20.9 Å². The van der Waals surface area contributed by atoms with Crippen molar-refractivity contribution in [3.05, 3.63) is 89.5 Å². The molecule has 0 aliphatic heterocycles. The van der Waals surface area contributed by atoms with E-state index in [1.54, 1.807) is 24.3 Å². The van der Waals surface area contributed by atoms with Crippen LogP contribution in [0.3, 0.4) is 0 Å². The van der Waals surface area contributed by atoms with Crippen molar-refractivity contribution in [3.8, 4) is 11.5 Å². The molecule has 0 heterocycles. The highest BCUT2D eigenvalue weighted by Crippen LogP contribution is 2.23. The maximum atomic E-state index is 12.3. The molecular formula is C32H33F3N2O7. The van der Waals surface area contributed by atoms with Crippen LogP contribution in [-0.2, 0) is 14.3 Å². The quantitative estimate of drug-likeness (QED) is 0.0627. The number of hydrogen-bond donors (Lipinski definition) is 2. The van der Waals surface area contributed by atoms with Crippen LogP contribution in [0, 0.1) is 0 Å². The Hall–Kier alpha value is -5.00. The number of benzene rings is 3. The van der Waals surface area contributed by atoms with Gasteiger partial charge in [-0.05, 0) is 79.1 Å². The minimum Gasteiger partial charge on any atom is -0.463 e. The largest absolute Gasteiger partial charge is 0.573 e. The third-order valence-corrected chi connectivity index (χ3v) is 6.06. The molecular weight excluding hydrogens is 581 g/mol. The van der Waals surface area contributed by atoms with Gasteiger partial charge in [0.15, 0.2) is 0 Å². The zero-order valence-corrected chi connectivity index (χ0v) is 23.8. The first-order valence-corrected chi connectivity index (χ1v) is 13.8. The fourth-order valence-corrected chi connectivity index (χ4v) is 3.94. The van der Waals surface area contributed by atoms with Crippen LogP contribution in [0.15, 0.2) is 72.8 Å². The monoisotopic (exact) mass is 614 g/mol. The summed E-state index contributed by atoms with van der Waals surface area (Å²) in [6.45, 7) is 0.606. The fourth-order valence-electron chi connectivity index (χ4n) is 3.94. The molecule has 9 nitrogen and oxygen atoms in total. The summed E-state index contributed by atoms with van der Waals surface area (Å²) >= 11 is 0. The summed E-state index contributed by atoms with van der Waals surface area (Å²) in [6, 6.07) is 15.3. The number of rotatable bonds is 15. The molecule has 4 N–H and O–H groups in total. The molecule has 0 saturated heterocycles. The molecule has 0 fully saturated rings. The maximum Gasteiger partial charge on any atom is 0.573 e. The maximum absolute atomic E-state index is 12.3. The van der Waals surface area contributed by atoms with Gasteiger partial charge < -0.3 is 30.4 Å². The van der Waals surface area contributed by atoms with Crippen LogP contribution >= 0.6 is 0 Å². The average Bonchev–Trinajstić information content (AvgIpc) is 2.96. The molecule has 3 rings (SSSR count). The Morgan fingerprint density at radius 3 is 1.80 bits per heavy atom. The Bertz CT molecular complexity index is 1400. The molecule has 0 aliphatic carbocycles. The van der Waals surface area contributed by atoms with Crippen molar-refractivity contribution >= 4 is 35.4 Å². The number of unbranched alkanes of at least 4 members (excludes halogenated alkanes) is 5. The lowest BCUT2D eigenvalue weighted by atomic mass is 10.1. The molecule has 0 amide bonds.